The number of amides is 1. The highest BCUT2D eigenvalue weighted by atomic mass is 16.5. The Bertz CT molecular complexity index is 789. The molecule has 0 aliphatic rings. The maximum atomic E-state index is 12.3. The van der Waals surface area contributed by atoms with Crippen molar-refractivity contribution in [1.82, 2.24) is 5.43 Å². The second-order valence-corrected chi connectivity index (χ2v) is 5.05. The molecule has 0 atom stereocenters. The van der Waals surface area contributed by atoms with Crippen molar-refractivity contribution in [3.05, 3.63) is 47.5 Å². The average Bonchev–Trinajstić information content (AvgIpc) is 2.67. The predicted octanol–water partition coefficient (Wildman–Crippen LogP) is 2.88. The van der Waals surface area contributed by atoms with Crippen molar-refractivity contribution in [1.29, 1.82) is 0 Å². The second-order valence-electron chi connectivity index (χ2n) is 5.05. The first kappa shape index (κ1) is 19.1. The Morgan fingerprint density at radius 3 is 2.38 bits per heavy atom. The van der Waals surface area contributed by atoms with E-state index in [1.807, 2.05) is 6.92 Å². The number of hydrazone groups is 1. The van der Waals surface area contributed by atoms with Crippen molar-refractivity contribution in [2.75, 3.05) is 27.9 Å². The summed E-state index contributed by atoms with van der Waals surface area (Å²) in [6, 6.07) is 10.5. The van der Waals surface area contributed by atoms with Gasteiger partial charge in [0.05, 0.1) is 39.7 Å². The molecular weight excluding hydrogens is 336 g/mol. The Morgan fingerprint density at radius 1 is 1.00 bits per heavy atom. The van der Waals surface area contributed by atoms with Gasteiger partial charge in [0.25, 0.3) is 5.91 Å². The molecule has 0 unspecified atom stereocenters. The SMILES string of the molecule is CCOc1ccccc1C(=O)NN=Cc1ccc(OC)c(OC)c1OC. The van der Waals surface area contributed by atoms with Gasteiger partial charge in [0, 0.05) is 5.56 Å². The van der Waals surface area contributed by atoms with Crippen LogP contribution in [0, 0.1) is 0 Å². The molecule has 7 heteroatoms. The van der Waals surface area contributed by atoms with Crippen LogP contribution in [0.25, 0.3) is 0 Å². The van der Waals surface area contributed by atoms with Gasteiger partial charge in [-0.25, -0.2) is 5.43 Å². The maximum Gasteiger partial charge on any atom is 0.275 e. The molecule has 0 spiro atoms. The minimum Gasteiger partial charge on any atom is -0.493 e. The molecule has 0 saturated carbocycles. The van der Waals surface area contributed by atoms with Gasteiger partial charge in [-0.3, -0.25) is 4.79 Å². The van der Waals surface area contributed by atoms with Gasteiger partial charge in [-0.2, -0.15) is 5.10 Å². The van der Waals surface area contributed by atoms with Crippen LogP contribution in [0.1, 0.15) is 22.8 Å². The van der Waals surface area contributed by atoms with Crippen LogP contribution in [0.15, 0.2) is 41.5 Å². The first-order valence-corrected chi connectivity index (χ1v) is 8.00. The molecule has 0 bridgehead atoms. The highest BCUT2D eigenvalue weighted by molar-refractivity contribution is 5.97. The van der Waals surface area contributed by atoms with Crippen LogP contribution in [0.4, 0.5) is 0 Å². The summed E-state index contributed by atoms with van der Waals surface area (Å²) < 4.78 is 21.4. The summed E-state index contributed by atoms with van der Waals surface area (Å²) in [7, 11) is 4.58. The van der Waals surface area contributed by atoms with Gasteiger partial charge < -0.3 is 18.9 Å². The molecule has 1 N–H and O–H groups in total. The molecule has 0 radical (unpaired) electrons. The number of carbonyl (C=O) groups is 1. The molecule has 0 aromatic heterocycles. The maximum absolute atomic E-state index is 12.3. The number of methoxy groups -OCH3 is 3. The summed E-state index contributed by atoms with van der Waals surface area (Å²) in [6.45, 7) is 2.33. The van der Waals surface area contributed by atoms with Gasteiger partial charge in [0.15, 0.2) is 11.5 Å². The molecule has 0 fully saturated rings. The van der Waals surface area contributed by atoms with Crippen molar-refractivity contribution < 1.29 is 23.7 Å². The summed E-state index contributed by atoms with van der Waals surface area (Å²) in [5.41, 5.74) is 3.52. The molecule has 2 aromatic carbocycles. The molecule has 7 nitrogen and oxygen atoms in total. The first-order chi connectivity index (χ1) is 12.7. The molecule has 1 amide bonds. The van der Waals surface area contributed by atoms with E-state index in [-0.39, 0.29) is 5.91 Å². The summed E-state index contributed by atoms with van der Waals surface area (Å²) in [5, 5.41) is 4.00. The quantitative estimate of drug-likeness (QED) is 0.580. The van der Waals surface area contributed by atoms with Gasteiger partial charge in [0.1, 0.15) is 5.75 Å². The minimum atomic E-state index is -0.371. The number of para-hydroxylation sites is 1. The zero-order valence-corrected chi connectivity index (χ0v) is 15.2. The lowest BCUT2D eigenvalue weighted by Crippen LogP contribution is -2.18. The number of nitrogens with zero attached hydrogens (tertiary/aromatic N) is 1. The van der Waals surface area contributed by atoms with E-state index in [9.17, 15) is 4.79 Å². The Kier molecular flexibility index (Phi) is 6.84. The van der Waals surface area contributed by atoms with E-state index in [4.69, 9.17) is 18.9 Å². The van der Waals surface area contributed by atoms with Gasteiger partial charge in [-0.05, 0) is 31.2 Å². The standard InChI is InChI=1S/C19H22N2O5/c1-5-26-15-9-7-6-8-14(15)19(22)21-20-12-13-10-11-16(23-2)18(25-4)17(13)24-3/h6-12H,5H2,1-4H3,(H,21,22). The number of rotatable bonds is 8. The number of nitrogens with one attached hydrogen (secondary N) is 1. The Hall–Kier alpha value is -3.22. The molecule has 2 rings (SSSR count). The van der Waals surface area contributed by atoms with E-state index in [2.05, 4.69) is 10.5 Å². The van der Waals surface area contributed by atoms with Crippen molar-refractivity contribution in [3.8, 4) is 23.0 Å². The molecule has 0 aliphatic carbocycles. The van der Waals surface area contributed by atoms with Gasteiger partial charge in [0.2, 0.25) is 5.75 Å². The fourth-order valence-electron chi connectivity index (χ4n) is 2.38. The van der Waals surface area contributed by atoms with E-state index in [0.29, 0.717) is 40.7 Å². The third kappa shape index (κ3) is 4.24. The molecule has 0 heterocycles. The van der Waals surface area contributed by atoms with Gasteiger partial charge in [-0.15, -0.1) is 0 Å². The normalized spacial score (nSPS) is 10.5. The van der Waals surface area contributed by atoms with E-state index in [1.165, 1.54) is 20.4 Å². The Balaban J connectivity index is 2.20. The zero-order chi connectivity index (χ0) is 18.9. The molecule has 26 heavy (non-hydrogen) atoms. The van der Waals surface area contributed by atoms with Crippen molar-refractivity contribution >= 4 is 12.1 Å². The van der Waals surface area contributed by atoms with Crippen LogP contribution < -0.4 is 24.4 Å². The monoisotopic (exact) mass is 358 g/mol. The molecular formula is C19H22N2O5. The third-order valence-corrected chi connectivity index (χ3v) is 3.54. The van der Waals surface area contributed by atoms with Crippen LogP contribution in [-0.2, 0) is 0 Å². The number of benzene rings is 2. The fourth-order valence-corrected chi connectivity index (χ4v) is 2.38. The molecule has 138 valence electrons. The van der Waals surface area contributed by atoms with Crippen LogP contribution in [0.3, 0.4) is 0 Å². The minimum absolute atomic E-state index is 0.371. The van der Waals surface area contributed by atoms with Crippen LogP contribution in [0.2, 0.25) is 0 Å². The zero-order valence-electron chi connectivity index (χ0n) is 15.2. The van der Waals surface area contributed by atoms with E-state index in [1.54, 1.807) is 43.5 Å². The van der Waals surface area contributed by atoms with Crippen molar-refractivity contribution in [2.45, 2.75) is 6.92 Å². The summed E-state index contributed by atoms with van der Waals surface area (Å²) in [6.07, 6.45) is 1.47. The smallest absolute Gasteiger partial charge is 0.275 e. The van der Waals surface area contributed by atoms with Gasteiger partial charge in [-0.1, -0.05) is 12.1 Å². The third-order valence-electron chi connectivity index (χ3n) is 3.54. The van der Waals surface area contributed by atoms with E-state index < -0.39 is 0 Å². The number of hydrogen-bond donors (Lipinski definition) is 1. The van der Waals surface area contributed by atoms with E-state index in [0.717, 1.165) is 0 Å². The lowest BCUT2D eigenvalue weighted by atomic mass is 10.2. The van der Waals surface area contributed by atoms with Crippen LogP contribution >= 0.6 is 0 Å². The molecule has 2 aromatic rings. The lowest BCUT2D eigenvalue weighted by molar-refractivity contribution is 0.0951. The number of carbonyl (C=O) groups excluding carboxylic acids is 1. The highest BCUT2D eigenvalue weighted by Crippen LogP contribution is 2.38. The van der Waals surface area contributed by atoms with Gasteiger partial charge >= 0.3 is 0 Å². The lowest BCUT2D eigenvalue weighted by Gasteiger charge is -2.13. The van der Waals surface area contributed by atoms with Crippen LogP contribution in [-0.4, -0.2) is 40.1 Å². The molecule has 0 saturated heterocycles. The second kappa shape index (κ2) is 9.31. The predicted molar refractivity (Wildman–Crippen MR) is 98.8 cm³/mol. The Labute approximate surface area is 152 Å². The van der Waals surface area contributed by atoms with Crippen LogP contribution in [0.5, 0.6) is 23.0 Å². The number of ether oxygens (including phenoxy) is 4. The van der Waals surface area contributed by atoms with E-state index >= 15 is 0 Å². The average molecular weight is 358 g/mol. The van der Waals surface area contributed by atoms with Crippen molar-refractivity contribution in [2.24, 2.45) is 5.10 Å². The summed E-state index contributed by atoms with van der Waals surface area (Å²) >= 11 is 0. The highest BCUT2D eigenvalue weighted by Gasteiger charge is 2.15. The Morgan fingerprint density at radius 2 is 1.73 bits per heavy atom. The fraction of sp³-hybridized carbons (Fsp3) is 0.263. The largest absolute Gasteiger partial charge is 0.493 e. The number of hydrogen-bond acceptors (Lipinski definition) is 6. The van der Waals surface area contributed by atoms with Crippen molar-refractivity contribution in [3.63, 3.8) is 0 Å². The first-order valence-electron chi connectivity index (χ1n) is 8.00. The molecule has 0 aliphatic heterocycles. The topological polar surface area (TPSA) is 78.4 Å². The summed E-state index contributed by atoms with van der Waals surface area (Å²) in [5.74, 6) is 1.58. The summed E-state index contributed by atoms with van der Waals surface area (Å²) in [4.78, 5) is 12.3.